The van der Waals surface area contributed by atoms with E-state index in [1.54, 1.807) is 22.6 Å². The van der Waals surface area contributed by atoms with E-state index in [1.165, 1.54) is 23.3 Å². The van der Waals surface area contributed by atoms with Crippen LogP contribution in [-0.4, -0.2) is 0 Å². The van der Waals surface area contributed by atoms with Gasteiger partial charge in [0.25, 0.3) is 0 Å². The van der Waals surface area contributed by atoms with Gasteiger partial charge in [-0.25, -0.2) is 8.78 Å². The van der Waals surface area contributed by atoms with Crippen LogP contribution in [0.5, 0.6) is 0 Å². The van der Waals surface area contributed by atoms with E-state index in [9.17, 15) is 8.78 Å². The average molecular weight is 394 g/mol. The summed E-state index contributed by atoms with van der Waals surface area (Å²) >= 11 is 1.80. The third-order valence-corrected chi connectivity index (χ3v) is 3.64. The molecule has 3 rings (SSSR count). The second-order valence-corrected chi connectivity index (χ2v) is 5.45. The van der Waals surface area contributed by atoms with E-state index >= 15 is 0 Å². The van der Waals surface area contributed by atoms with Gasteiger partial charge >= 0.3 is 0 Å². The van der Waals surface area contributed by atoms with Crippen LogP contribution in [0.1, 0.15) is 0 Å². The van der Waals surface area contributed by atoms with E-state index < -0.39 is 11.6 Å². The fraction of sp³-hybridized carbons (Fsp3) is 0. The summed E-state index contributed by atoms with van der Waals surface area (Å²) in [5.41, 5.74) is 2.55. The van der Waals surface area contributed by atoms with Gasteiger partial charge in [-0.3, -0.25) is 0 Å². The van der Waals surface area contributed by atoms with Crippen molar-refractivity contribution >= 4 is 22.6 Å². The van der Waals surface area contributed by atoms with Gasteiger partial charge in [-0.15, -0.1) is 0 Å². The monoisotopic (exact) mass is 394 g/mol. The van der Waals surface area contributed by atoms with Crippen LogP contribution in [-0.2, 0) is 0 Å². The number of benzene rings is 3. The topological polar surface area (TPSA) is 0 Å². The second-order valence-electron chi connectivity index (χ2n) is 4.29. The fourth-order valence-electron chi connectivity index (χ4n) is 1.73. The van der Waals surface area contributed by atoms with Crippen LogP contribution in [0.15, 0.2) is 78.9 Å². The molecule has 3 aromatic rings. The Kier molecular flexibility index (Phi) is 5.87. The highest BCUT2D eigenvalue weighted by Crippen LogP contribution is 2.17. The van der Waals surface area contributed by atoms with Crippen LogP contribution in [0.4, 0.5) is 8.78 Å². The van der Waals surface area contributed by atoms with Crippen molar-refractivity contribution < 1.29 is 8.78 Å². The highest BCUT2D eigenvalue weighted by Gasteiger charge is 1.97. The number of halogens is 3. The summed E-state index contributed by atoms with van der Waals surface area (Å²) in [6, 6.07) is 24.3. The van der Waals surface area contributed by atoms with E-state index in [2.05, 4.69) is 48.5 Å². The third kappa shape index (κ3) is 4.93. The molecule has 0 aromatic heterocycles. The average Bonchev–Trinajstić information content (AvgIpc) is 2.54. The van der Waals surface area contributed by atoms with Gasteiger partial charge in [0.1, 0.15) is 11.6 Å². The summed E-state index contributed by atoms with van der Waals surface area (Å²) in [5.74, 6) is -1.04. The van der Waals surface area contributed by atoms with Gasteiger partial charge in [-0.2, -0.15) is 0 Å². The molecule has 0 aliphatic rings. The Morgan fingerprint density at radius 2 is 1.10 bits per heavy atom. The molecule has 0 atom stereocenters. The molecule has 0 nitrogen and oxygen atoms in total. The molecular formula is C18H13F2I. The molecule has 3 aromatic carbocycles. The lowest BCUT2D eigenvalue weighted by atomic mass is 10.1. The molecule has 0 saturated heterocycles. The predicted octanol–water partition coefficient (Wildman–Crippen LogP) is 5.92. The first-order chi connectivity index (χ1) is 10.2. The molecule has 0 N–H and O–H groups in total. The first-order valence-corrected chi connectivity index (χ1v) is 7.46. The van der Waals surface area contributed by atoms with Crippen LogP contribution in [0.3, 0.4) is 0 Å². The standard InChI is InChI=1S/C12H10.C6H3F2I/c1-3-7-11(8-4-1)12-9-5-2-6-10-12;7-4-1-2-6(9)5(8)3-4/h1-10H;1-3H. The molecule has 0 saturated carbocycles. The zero-order chi connectivity index (χ0) is 15.1. The smallest absolute Gasteiger partial charge is 0.139 e. The minimum Gasteiger partial charge on any atom is -0.207 e. The van der Waals surface area contributed by atoms with Crippen molar-refractivity contribution in [3.8, 4) is 11.1 Å². The molecule has 0 fully saturated rings. The first kappa shape index (κ1) is 15.6. The number of rotatable bonds is 1. The van der Waals surface area contributed by atoms with Crippen LogP contribution >= 0.6 is 22.6 Å². The minimum atomic E-state index is -0.534. The predicted molar refractivity (Wildman–Crippen MR) is 91.0 cm³/mol. The zero-order valence-electron chi connectivity index (χ0n) is 11.1. The molecule has 106 valence electrons. The molecular weight excluding hydrogens is 381 g/mol. The molecule has 0 unspecified atom stereocenters. The maximum Gasteiger partial charge on any atom is 0.139 e. The van der Waals surface area contributed by atoms with Gasteiger partial charge in [-0.05, 0) is 45.9 Å². The Morgan fingerprint density at radius 3 is 1.48 bits per heavy atom. The van der Waals surface area contributed by atoms with Gasteiger partial charge in [0.15, 0.2) is 0 Å². The summed E-state index contributed by atoms with van der Waals surface area (Å²) in [7, 11) is 0. The van der Waals surface area contributed by atoms with Crippen molar-refractivity contribution in [1.29, 1.82) is 0 Å². The number of hydrogen-bond donors (Lipinski definition) is 0. The van der Waals surface area contributed by atoms with E-state index in [0.717, 1.165) is 6.07 Å². The fourth-order valence-corrected chi connectivity index (χ4v) is 2.07. The third-order valence-electron chi connectivity index (χ3n) is 2.76. The van der Waals surface area contributed by atoms with Gasteiger partial charge in [-0.1, -0.05) is 60.7 Å². The number of hydrogen-bond acceptors (Lipinski definition) is 0. The van der Waals surface area contributed by atoms with Crippen molar-refractivity contribution in [2.75, 3.05) is 0 Å². The van der Waals surface area contributed by atoms with Crippen LogP contribution in [0.25, 0.3) is 11.1 Å². The van der Waals surface area contributed by atoms with Crippen molar-refractivity contribution in [1.82, 2.24) is 0 Å². The lowest BCUT2D eigenvalue weighted by Crippen LogP contribution is -1.81. The van der Waals surface area contributed by atoms with Crippen LogP contribution < -0.4 is 0 Å². The Balaban J connectivity index is 0.000000161. The van der Waals surface area contributed by atoms with E-state index in [1.807, 2.05) is 12.1 Å². The second kappa shape index (κ2) is 7.88. The lowest BCUT2D eigenvalue weighted by Gasteiger charge is -1.98. The van der Waals surface area contributed by atoms with Gasteiger partial charge < -0.3 is 0 Å². The zero-order valence-corrected chi connectivity index (χ0v) is 13.3. The van der Waals surface area contributed by atoms with Crippen LogP contribution in [0, 0.1) is 15.2 Å². The molecule has 0 aliphatic carbocycles. The molecule has 0 aliphatic heterocycles. The van der Waals surface area contributed by atoms with Gasteiger partial charge in [0, 0.05) is 9.64 Å². The van der Waals surface area contributed by atoms with Gasteiger partial charge in [0.05, 0.1) is 0 Å². The minimum absolute atomic E-state index is 0.439. The molecule has 0 spiro atoms. The van der Waals surface area contributed by atoms with Crippen molar-refractivity contribution in [3.63, 3.8) is 0 Å². The van der Waals surface area contributed by atoms with E-state index in [4.69, 9.17) is 0 Å². The van der Waals surface area contributed by atoms with Gasteiger partial charge in [0.2, 0.25) is 0 Å². The van der Waals surface area contributed by atoms with Crippen molar-refractivity contribution in [3.05, 3.63) is 94.1 Å². The SMILES string of the molecule is Fc1ccc(I)c(F)c1.c1ccc(-c2ccccc2)cc1. The summed E-state index contributed by atoms with van der Waals surface area (Å²) in [6.07, 6.45) is 0. The Morgan fingerprint density at radius 1 is 0.619 bits per heavy atom. The largest absolute Gasteiger partial charge is 0.207 e. The highest BCUT2D eigenvalue weighted by atomic mass is 127. The molecule has 0 bridgehead atoms. The van der Waals surface area contributed by atoms with Crippen LogP contribution in [0.2, 0.25) is 0 Å². The summed E-state index contributed by atoms with van der Waals surface area (Å²) in [5, 5.41) is 0. The van der Waals surface area contributed by atoms with Crippen molar-refractivity contribution in [2.45, 2.75) is 0 Å². The maximum absolute atomic E-state index is 12.3. The molecule has 3 heteroatoms. The normalized spacial score (nSPS) is 9.67. The Labute approximate surface area is 136 Å². The molecule has 0 radical (unpaired) electrons. The van der Waals surface area contributed by atoms with E-state index in [0.29, 0.717) is 3.57 Å². The maximum atomic E-state index is 12.3. The Bertz CT molecular complexity index is 645. The van der Waals surface area contributed by atoms with E-state index in [-0.39, 0.29) is 0 Å². The van der Waals surface area contributed by atoms with Crippen molar-refractivity contribution in [2.24, 2.45) is 0 Å². The summed E-state index contributed by atoms with van der Waals surface area (Å²) < 4.78 is 24.9. The summed E-state index contributed by atoms with van der Waals surface area (Å²) in [4.78, 5) is 0. The quantitative estimate of drug-likeness (QED) is 0.355. The highest BCUT2D eigenvalue weighted by molar-refractivity contribution is 14.1. The summed E-state index contributed by atoms with van der Waals surface area (Å²) in [6.45, 7) is 0. The molecule has 0 amide bonds. The molecule has 21 heavy (non-hydrogen) atoms. The Hall–Kier alpha value is -1.75. The first-order valence-electron chi connectivity index (χ1n) is 6.38. The molecule has 0 heterocycles. The lowest BCUT2D eigenvalue weighted by molar-refractivity contribution is 0.578.